The van der Waals surface area contributed by atoms with Crippen molar-refractivity contribution in [1.82, 2.24) is 0 Å². The number of hydrogen-bond acceptors (Lipinski definition) is 1. The molecule has 0 saturated heterocycles. The molecule has 0 aliphatic carbocycles. The van der Waals surface area contributed by atoms with Crippen LogP contribution in [0.25, 0.3) is 0 Å². The molecule has 0 aromatic heterocycles. The molecular weight excluding hydrogens is 50.0 g/mol. The Kier molecular flexibility index (Phi) is 2.11. The van der Waals surface area contributed by atoms with E-state index in [1.807, 2.05) is 0 Å². The molecule has 1 N–H and O–H groups in total. The van der Waals surface area contributed by atoms with Crippen LogP contribution in [0.1, 0.15) is 6.92 Å². The number of rotatable bonds is 0. The topological polar surface area (TPSA) is 23.9 Å². The third-order valence-corrected chi connectivity index (χ3v) is 0.144. The molecule has 0 amide bonds. The average Bonchev–Trinajstić information content (AvgIpc) is 1.37. The maximum Gasteiger partial charge on any atom is -0.0265 e. The van der Waals surface area contributed by atoms with Crippen molar-refractivity contribution in [3.8, 4) is 0 Å². The van der Waals surface area contributed by atoms with Gasteiger partial charge in [0.1, 0.15) is 0 Å². The molecule has 0 aromatic carbocycles. The minimum absolute atomic E-state index is 1.54. The van der Waals surface area contributed by atoms with Crippen molar-refractivity contribution in [3.05, 3.63) is 6.08 Å². The summed E-state index contributed by atoms with van der Waals surface area (Å²) in [5.74, 6) is 2.06. The maximum absolute atomic E-state index is 6.15. The fourth-order valence-corrected chi connectivity index (χ4v) is 0. The van der Waals surface area contributed by atoms with Gasteiger partial charge in [-0.15, -0.1) is 0 Å². The van der Waals surface area contributed by atoms with Gasteiger partial charge in [0.15, 0.2) is 0 Å². The molecule has 0 fully saturated rings. The van der Waals surface area contributed by atoms with Gasteiger partial charge in [-0.25, -0.2) is 0 Å². The molecule has 0 aromatic rings. The van der Waals surface area contributed by atoms with Crippen molar-refractivity contribution in [2.75, 3.05) is 0 Å². The second-order valence-electron chi connectivity index (χ2n) is 0.433. The Morgan fingerprint density at radius 2 is 2.25 bits per heavy atom. The highest BCUT2D eigenvalue weighted by Crippen LogP contribution is 1.37. The molecule has 0 bridgehead atoms. The standard InChI is InChI=1S/C3H5N/c1-2-3-4/h2,4H,1H3. The van der Waals surface area contributed by atoms with Crippen LogP contribution in [0.5, 0.6) is 0 Å². The van der Waals surface area contributed by atoms with Crippen molar-refractivity contribution >= 4 is 5.87 Å². The van der Waals surface area contributed by atoms with Crippen LogP contribution in [0, 0.1) is 5.41 Å². The molecule has 1 heteroatoms. The quantitative estimate of drug-likeness (QED) is 0.396. The van der Waals surface area contributed by atoms with Crippen molar-refractivity contribution < 1.29 is 0 Å². The number of nitrogens with one attached hydrogen (secondary N) is 1. The first kappa shape index (κ1) is 3.45. The van der Waals surface area contributed by atoms with Crippen LogP contribution in [0.15, 0.2) is 6.08 Å². The number of hydrogen-bond donors (Lipinski definition) is 1. The van der Waals surface area contributed by atoms with Gasteiger partial charge in [0.05, 0.1) is 0 Å². The lowest BCUT2D eigenvalue weighted by Crippen LogP contribution is -1.30. The Balaban J connectivity index is 3.11. The summed E-state index contributed by atoms with van der Waals surface area (Å²) in [6.07, 6.45) is 1.54. The third-order valence-electron chi connectivity index (χ3n) is 0.144. The summed E-state index contributed by atoms with van der Waals surface area (Å²) in [4.78, 5) is 0. The SMILES string of the molecule is CC=C=N. The van der Waals surface area contributed by atoms with E-state index >= 15 is 0 Å². The Morgan fingerprint density at radius 3 is 2.25 bits per heavy atom. The molecule has 0 aliphatic rings. The van der Waals surface area contributed by atoms with Gasteiger partial charge in [0.2, 0.25) is 0 Å². The summed E-state index contributed by atoms with van der Waals surface area (Å²) in [5.41, 5.74) is 0. The van der Waals surface area contributed by atoms with Crippen molar-refractivity contribution in [3.63, 3.8) is 0 Å². The summed E-state index contributed by atoms with van der Waals surface area (Å²) in [7, 11) is 0. The monoisotopic (exact) mass is 55.0 g/mol. The normalized spacial score (nSPS) is 4.25. The van der Waals surface area contributed by atoms with Gasteiger partial charge in [-0.1, -0.05) is 0 Å². The van der Waals surface area contributed by atoms with E-state index in [9.17, 15) is 0 Å². The molecule has 0 saturated carbocycles. The Bertz CT molecular complexity index is 41.2. The number of allylic oxidation sites excluding steroid dienone is 1. The first-order chi connectivity index (χ1) is 1.91. The molecule has 0 spiro atoms. The second-order valence-corrected chi connectivity index (χ2v) is 0.433. The van der Waals surface area contributed by atoms with E-state index in [1.165, 1.54) is 0 Å². The first-order valence-corrected chi connectivity index (χ1v) is 1.12. The molecule has 0 radical (unpaired) electrons. The molecule has 0 unspecified atom stereocenters. The second kappa shape index (κ2) is 2.45. The van der Waals surface area contributed by atoms with Crippen LogP contribution in [-0.4, -0.2) is 5.87 Å². The van der Waals surface area contributed by atoms with Gasteiger partial charge in [0.25, 0.3) is 0 Å². The van der Waals surface area contributed by atoms with E-state index in [2.05, 4.69) is 5.87 Å². The molecule has 0 heterocycles. The first-order valence-electron chi connectivity index (χ1n) is 1.12. The molecule has 0 atom stereocenters. The molecule has 0 rings (SSSR count). The summed E-state index contributed by atoms with van der Waals surface area (Å²) in [6.45, 7) is 1.76. The van der Waals surface area contributed by atoms with Crippen molar-refractivity contribution in [2.24, 2.45) is 0 Å². The zero-order chi connectivity index (χ0) is 3.41. The van der Waals surface area contributed by atoms with Gasteiger partial charge >= 0.3 is 0 Å². The summed E-state index contributed by atoms with van der Waals surface area (Å²) in [5, 5.41) is 6.15. The van der Waals surface area contributed by atoms with Crippen molar-refractivity contribution in [1.29, 1.82) is 5.41 Å². The fourth-order valence-electron chi connectivity index (χ4n) is 0. The lowest BCUT2D eigenvalue weighted by molar-refractivity contribution is 1.58. The fraction of sp³-hybridized carbons (Fsp3) is 0.333. The molecule has 1 nitrogen and oxygen atoms in total. The minimum atomic E-state index is 1.54. The van der Waals surface area contributed by atoms with Crippen LogP contribution in [0.3, 0.4) is 0 Å². The predicted molar refractivity (Wildman–Crippen MR) is 18.0 cm³/mol. The summed E-state index contributed by atoms with van der Waals surface area (Å²) < 4.78 is 0. The van der Waals surface area contributed by atoms with Gasteiger partial charge in [-0.05, 0) is 18.9 Å². The Hall–Kier alpha value is -0.550. The van der Waals surface area contributed by atoms with Gasteiger partial charge in [0, 0.05) is 0 Å². The zero-order valence-electron chi connectivity index (χ0n) is 2.58. The van der Waals surface area contributed by atoms with Gasteiger partial charge in [-0.2, -0.15) is 0 Å². The van der Waals surface area contributed by atoms with Crippen LogP contribution in [0.2, 0.25) is 0 Å². The molecule has 22 valence electrons. The zero-order valence-corrected chi connectivity index (χ0v) is 2.58. The van der Waals surface area contributed by atoms with Crippen LogP contribution in [0.4, 0.5) is 0 Å². The van der Waals surface area contributed by atoms with Gasteiger partial charge < -0.3 is 0 Å². The van der Waals surface area contributed by atoms with E-state index in [1.54, 1.807) is 13.0 Å². The average molecular weight is 55.1 g/mol. The lowest BCUT2D eigenvalue weighted by atomic mass is 10.8. The smallest absolute Gasteiger partial charge is 0.0265 e. The molecule has 0 aliphatic heterocycles. The highest BCUT2D eigenvalue weighted by molar-refractivity contribution is 5.45. The largest absolute Gasteiger partial charge is 0.259 e. The van der Waals surface area contributed by atoms with Crippen LogP contribution >= 0.6 is 0 Å². The van der Waals surface area contributed by atoms with E-state index in [0.29, 0.717) is 0 Å². The summed E-state index contributed by atoms with van der Waals surface area (Å²) >= 11 is 0. The van der Waals surface area contributed by atoms with Crippen LogP contribution in [-0.2, 0) is 0 Å². The van der Waals surface area contributed by atoms with E-state index in [4.69, 9.17) is 5.41 Å². The molecular formula is C3H5N. The van der Waals surface area contributed by atoms with Gasteiger partial charge in [-0.3, -0.25) is 5.41 Å². The highest BCUT2D eigenvalue weighted by atomic mass is 14.3. The maximum atomic E-state index is 6.15. The summed E-state index contributed by atoms with van der Waals surface area (Å²) in [6, 6.07) is 0. The van der Waals surface area contributed by atoms with E-state index in [-0.39, 0.29) is 0 Å². The van der Waals surface area contributed by atoms with Crippen LogP contribution < -0.4 is 0 Å². The predicted octanol–water partition coefficient (Wildman–Crippen LogP) is 0.811. The third kappa shape index (κ3) is 1.45. The minimum Gasteiger partial charge on any atom is -0.259 e. The van der Waals surface area contributed by atoms with E-state index in [0.717, 1.165) is 0 Å². The molecule has 4 heavy (non-hydrogen) atoms. The van der Waals surface area contributed by atoms with E-state index < -0.39 is 0 Å². The lowest BCUT2D eigenvalue weighted by Gasteiger charge is -1.36. The van der Waals surface area contributed by atoms with Crippen molar-refractivity contribution in [2.45, 2.75) is 6.92 Å². The Morgan fingerprint density at radius 1 is 2.00 bits per heavy atom. The Labute approximate surface area is 25.5 Å². The highest BCUT2D eigenvalue weighted by Gasteiger charge is 1.26.